The van der Waals surface area contributed by atoms with E-state index in [2.05, 4.69) is 15.0 Å². The third-order valence-corrected chi connectivity index (χ3v) is 5.18. The van der Waals surface area contributed by atoms with Crippen LogP contribution in [0.25, 0.3) is 21.8 Å². The molecule has 0 aliphatic heterocycles. The van der Waals surface area contributed by atoms with Crippen molar-refractivity contribution in [1.29, 1.82) is 0 Å². The van der Waals surface area contributed by atoms with Crippen molar-refractivity contribution in [3.8, 4) is 11.6 Å². The molecule has 4 aromatic heterocycles. The smallest absolute Gasteiger partial charge is 0.295 e. The third kappa shape index (κ3) is 3.43. The number of thiophene rings is 1. The molecule has 0 aromatic carbocycles. The van der Waals surface area contributed by atoms with Gasteiger partial charge in [0.2, 0.25) is 0 Å². The Kier molecular flexibility index (Phi) is 4.73. The first kappa shape index (κ1) is 18.4. The molecule has 0 bridgehead atoms. The fourth-order valence-electron chi connectivity index (χ4n) is 2.68. The molecule has 4 rings (SSSR count). The van der Waals surface area contributed by atoms with Gasteiger partial charge >= 0.3 is 0 Å². The standard InChI is InChI=1S/C18H13F3N4O2S/c19-9-2-1-5-23-10(9)7-11(26)14-6-8-16(22)24-17(25-18(8)28-14)13-4-3-12(27-13)15(20)21/h1-6,11,15,26H,7H2,(H2,22,24,25). The van der Waals surface area contributed by atoms with Crippen molar-refractivity contribution in [3.05, 3.63) is 58.7 Å². The Bertz CT molecular complexity index is 1150. The maximum Gasteiger partial charge on any atom is 0.295 e. The van der Waals surface area contributed by atoms with E-state index in [0.717, 1.165) is 17.4 Å². The zero-order valence-electron chi connectivity index (χ0n) is 14.1. The Labute approximate surface area is 160 Å². The molecule has 4 aromatic rings. The molecule has 6 nitrogen and oxygen atoms in total. The van der Waals surface area contributed by atoms with E-state index in [1.54, 1.807) is 6.07 Å². The van der Waals surface area contributed by atoms with Gasteiger partial charge in [0, 0.05) is 17.5 Å². The number of pyridine rings is 1. The number of aliphatic hydroxyl groups excluding tert-OH is 1. The number of nitrogens with zero attached hydrogens (tertiary/aromatic N) is 3. The van der Waals surface area contributed by atoms with Crippen LogP contribution in [0.5, 0.6) is 0 Å². The van der Waals surface area contributed by atoms with Gasteiger partial charge in [-0.2, -0.15) is 0 Å². The van der Waals surface area contributed by atoms with Crippen LogP contribution in [0.15, 0.2) is 40.9 Å². The van der Waals surface area contributed by atoms with Crippen LogP contribution < -0.4 is 5.73 Å². The molecule has 3 N–H and O–H groups in total. The Hall–Kier alpha value is -2.98. The summed E-state index contributed by atoms with van der Waals surface area (Å²) in [7, 11) is 0. The lowest BCUT2D eigenvalue weighted by Gasteiger charge is -2.07. The molecule has 0 spiro atoms. The molecule has 144 valence electrons. The summed E-state index contributed by atoms with van der Waals surface area (Å²) in [6, 6.07) is 6.85. The summed E-state index contributed by atoms with van der Waals surface area (Å²) >= 11 is 1.15. The lowest BCUT2D eigenvalue weighted by atomic mass is 10.1. The van der Waals surface area contributed by atoms with E-state index < -0.39 is 24.1 Å². The summed E-state index contributed by atoms with van der Waals surface area (Å²) in [5.74, 6) is -0.743. The molecule has 1 atom stereocenters. The Morgan fingerprint density at radius 3 is 2.75 bits per heavy atom. The third-order valence-electron chi connectivity index (χ3n) is 4.05. The molecule has 0 saturated carbocycles. The van der Waals surface area contributed by atoms with E-state index in [4.69, 9.17) is 10.2 Å². The monoisotopic (exact) mass is 406 g/mol. The van der Waals surface area contributed by atoms with Crippen LogP contribution in [-0.4, -0.2) is 20.1 Å². The average Bonchev–Trinajstić information content (AvgIpc) is 3.30. The number of anilines is 1. The Morgan fingerprint density at radius 2 is 2.04 bits per heavy atom. The minimum absolute atomic E-state index is 0.0182. The van der Waals surface area contributed by atoms with E-state index in [-0.39, 0.29) is 29.5 Å². The Balaban J connectivity index is 1.66. The van der Waals surface area contributed by atoms with Crippen LogP contribution in [0.2, 0.25) is 0 Å². The molecule has 0 fully saturated rings. The molecule has 0 radical (unpaired) electrons. The highest BCUT2D eigenvalue weighted by atomic mass is 32.1. The molecular weight excluding hydrogens is 393 g/mol. The number of fused-ring (bicyclic) bond motifs is 1. The van der Waals surface area contributed by atoms with Crippen molar-refractivity contribution in [1.82, 2.24) is 15.0 Å². The topological polar surface area (TPSA) is 98.1 Å². The van der Waals surface area contributed by atoms with Gasteiger partial charge in [0.1, 0.15) is 16.5 Å². The number of furan rings is 1. The van der Waals surface area contributed by atoms with E-state index >= 15 is 0 Å². The van der Waals surface area contributed by atoms with Crippen LogP contribution in [0.4, 0.5) is 19.0 Å². The van der Waals surface area contributed by atoms with Crippen molar-refractivity contribution in [2.45, 2.75) is 19.0 Å². The van der Waals surface area contributed by atoms with E-state index in [1.165, 1.54) is 24.4 Å². The van der Waals surface area contributed by atoms with Crippen LogP contribution in [0.3, 0.4) is 0 Å². The molecule has 4 heterocycles. The van der Waals surface area contributed by atoms with Crippen LogP contribution in [-0.2, 0) is 6.42 Å². The average molecular weight is 406 g/mol. The van der Waals surface area contributed by atoms with E-state index in [9.17, 15) is 18.3 Å². The predicted molar refractivity (Wildman–Crippen MR) is 97.3 cm³/mol. The minimum Gasteiger partial charge on any atom is -0.452 e. The minimum atomic E-state index is -2.75. The number of nitrogen functional groups attached to an aromatic ring is 1. The zero-order valence-corrected chi connectivity index (χ0v) is 15.0. The van der Waals surface area contributed by atoms with Crippen molar-refractivity contribution in [2.24, 2.45) is 0 Å². The highest BCUT2D eigenvalue weighted by molar-refractivity contribution is 7.18. The van der Waals surface area contributed by atoms with E-state index in [1.807, 2.05) is 0 Å². The van der Waals surface area contributed by atoms with Gasteiger partial charge in [0.25, 0.3) is 6.43 Å². The maximum atomic E-state index is 13.8. The maximum absolute atomic E-state index is 13.8. The van der Waals surface area contributed by atoms with Crippen molar-refractivity contribution in [2.75, 3.05) is 5.73 Å². The van der Waals surface area contributed by atoms with Crippen LogP contribution >= 0.6 is 11.3 Å². The highest BCUT2D eigenvalue weighted by Crippen LogP contribution is 2.35. The summed E-state index contributed by atoms with van der Waals surface area (Å²) in [6.07, 6.45) is -2.33. The van der Waals surface area contributed by atoms with Crippen LogP contribution in [0.1, 0.15) is 28.9 Å². The van der Waals surface area contributed by atoms with Crippen LogP contribution in [0, 0.1) is 5.82 Å². The molecule has 0 aliphatic carbocycles. The van der Waals surface area contributed by atoms with Gasteiger partial charge < -0.3 is 15.3 Å². The molecule has 1 unspecified atom stereocenters. The summed E-state index contributed by atoms with van der Waals surface area (Å²) in [5.41, 5.74) is 6.10. The first-order chi connectivity index (χ1) is 13.4. The Morgan fingerprint density at radius 1 is 1.21 bits per heavy atom. The molecular formula is C18H13F3N4O2S. The van der Waals surface area contributed by atoms with Gasteiger partial charge in [-0.3, -0.25) is 4.98 Å². The number of halogens is 3. The summed E-state index contributed by atoms with van der Waals surface area (Å²) in [6.45, 7) is 0. The van der Waals surface area contributed by atoms with Gasteiger partial charge in [0.05, 0.1) is 17.2 Å². The second-order valence-electron chi connectivity index (χ2n) is 5.95. The number of hydrogen-bond donors (Lipinski definition) is 2. The van der Waals surface area contributed by atoms with Gasteiger partial charge in [-0.05, 0) is 30.3 Å². The van der Waals surface area contributed by atoms with Crippen molar-refractivity contribution in [3.63, 3.8) is 0 Å². The zero-order chi connectivity index (χ0) is 19.8. The lowest BCUT2D eigenvalue weighted by molar-refractivity contribution is 0.122. The van der Waals surface area contributed by atoms with Crippen molar-refractivity contribution < 1.29 is 22.7 Å². The largest absolute Gasteiger partial charge is 0.452 e. The molecule has 0 aliphatic rings. The number of hydrogen-bond acceptors (Lipinski definition) is 7. The summed E-state index contributed by atoms with van der Waals surface area (Å²) < 4.78 is 44.2. The number of nitrogens with two attached hydrogens (primary N) is 1. The molecule has 0 saturated heterocycles. The van der Waals surface area contributed by atoms with E-state index in [0.29, 0.717) is 15.1 Å². The first-order valence-corrected chi connectivity index (χ1v) is 8.96. The van der Waals surface area contributed by atoms with Gasteiger partial charge in [-0.1, -0.05) is 0 Å². The number of rotatable bonds is 5. The molecule has 28 heavy (non-hydrogen) atoms. The quantitative estimate of drug-likeness (QED) is 0.513. The van der Waals surface area contributed by atoms with Gasteiger partial charge in [-0.25, -0.2) is 23.1 Å². The lowest BCUT2D eigenvalue weighted by Crippen LogP contribution is -2.03. The van der Waals surface area contributed by atoms with Crippen molar-refractivity contribution >= 4 is 27.4 Å². The fraction of sp³-hybridized carbons (Fsp3) is 0.167. The molecule has 10 heteroatoms. The number of aromatic nitrogens is 3. The number of alkyl halides is 2. The fourth-order valence-corrected chi connectivity index (χ4v) is 3.70. The highest BCUT2D eigenvalue weighted by Gasteiger charge is 2.20. The first-order valence-electron chi connectivity index (χ1n) is 8.15. The predicted octanol–water partition coefficient (Wildman–Crippen LogP) is 4.28. The summed E-state index contributed by atoms with van der Waals surface area (Å²) in [5, 5.41) is 11.0. The van der Waals surface area contributed by atoms with Gasteiger partial charge in [-0.15, -0.1) is 11.3 Å². The molecule has 0 amide bonds. The SMILES string of the molecule is Nc1nc(-c2ccc(C(F)F)o2)nc2sc(C(O)Cc3ncccc3F)cc12. The second-order valence-corrected chi connectivity index (χ2v) is 7.02. The number of aliphatic hydroxyl groups is 1. The van der Waals surface area contributed by atoms with Gasteiger partial charge in [0.15, 0.2) is 17.3 Å². The second kappa shape index (κ2) is 7.21. The normalized spacial score (nSPS) is 12.8. The summed E-state index contributed by atoms with van der Waals surface area (Å²) in [4.78, 5) is 13.3.